The Morgan fingerprint density at radius 1 is 0.871 bits per heavy atom. The first-order valence-electron chi connectivity index (χ1n) is 11.5. The summed E-state index contributed by atoms with van der Waals surface area (Å²) in [6.07, 6.45) is 6.70. The maximum atomic E-state index is 5.53. The second-order valence-corrected chi connectivity index (χ2v) is 8.70. The van der Waals surface area contributed by atoms with E-state index in [0.29, 0.717) is 5.92 Å². The standard InChI is InChI=1S/C28H30N2O/c1-31-24-17-18-25-26(19-24)29-28(23-15-9-4-10-16-23)30(20-21-11-5-2-6-12-21)27(25)22-13-7-3-8-14-22/h3-4,7-10,13-19,21,27H,2,5-6,11-12,20H2,1H3. The summed E-state index contributed by atoms with van der Waals surface area (Å²) in [5.74, 6) is 2.64. The molecule has 3 heteroatoms. The van der Waals surface area contributed by atoms with Gasteiger partial charge in [0.1, 0.15) is 11.6 Å². The zero-order valence-electron chi connectivity index (χ0n) is 18.2. The Kier molecular flexibility index (Phi) is 5.75. The molecule has 31 heavy (non-hydrogen) atoms. The minimum absolute atomic E-state index is 0.150. The molecule has 1 fully saturated rings. The van der Waals surface area contributed by atoms with E-state index in [-0.39, 0.29) is 6.04 Å². The lowest BCUT2D eigenvalue weighted by atomic mass is 9.86. The molecule has 3 nitrogen and oxygen atoms in total. The van der Waals surface area contributed by atoms with Crippen LogP contribution in [0.15, 0.2) is 83.9 Å². The molecule has 0 aromatic heterocycles. The topological polar surface area (TPSA) is 24.8 Å². The van der Waals surface area contributed by atoms with Gasteiger partial charge in [0.2, 0.25) is 0 Å². The Morgan fingerprint density at radius 2 is 1.58 bits per heavy atom. The molecule has 0 amide bonds. The lowest BCUT2D eigenvalue weighted by molar-refractivity contribution is 0.246. The molecule has 1 aliphatic carbocycles. The van der Waals surface area contributed by atoms with Crippen molar-refractivity contribution in [3.05, 3.63) is 95.6 Å². The Labute approximate surface area is 185 Å². The fraction of sp³-hybridized carbons (Fsp3) is 0.321. The zero-order chi connectivity index (χ0) is 21.0. The molecule has 158 valence electrons. The van der Waals surface area contributed by atoms with Gasteiger partial charge in [0.15, 0.2) is 0 Å². The fourth-order valence-electron chi connectivity index (χ4n) is 5.10. The van der Waals surface area contributed by atoms with Crippen molar-refractivity contribution in [2.75, 3.05) is 13.7 Å². The molecule has 1 unspecified atom stereocenters. The first-order chi connectivity index (χ1) is 15.3. The van der Waals surface area contributed by atoms with Gasteiger partial charge in [-0.15, -0.1) is 0 Å². The van der Waals surface area contributed by atoms with Crippen LogP contribution < -0.4 is 4.74 Å². The van der Waals surface area contributed by atoms with E-state index < -0.39 is 0 Å². The van der Waals surface area contributed by atoms with Gasteiger partial charge in [-0.05, 0) is 30.4 Å². The first-order valence-corrected chi connectivity index (χ1v) is 11.5. The number of ether oxygens (including phenoxy) is 1. The number of hydrogen-bond acceptors (Lipinski definition) is 3. The average Bonchev–Trinajstić information content (AvgIpc) is 2.85. The summed E-state index contributed by atoms with van der Waals surface area (Å²) in [4.78, 5) is 7.77. The van der Waals surface area contributed by atoms with E-state index in [0.717, 1.165) is 23.8 Å². The van der Waals surface area contributed by atoms with Crippen LogP contribution >= 0.6 is 0 Å². The SMILES string of the molecule is COc1ccc2c(c1)N=C(c1ccccc1)N(CC1CCCCC1)C2c1ccccc1. The third kappa shape index (κ3) is 4.10. The highest BCUT2D eigenvalue weighted by atomic mass is 16.5. The van der Waals surface area contributed by atoms with Crippen LogP contribution in [0.4, 0.5) is 5.69 Å². The maximum Gasteiger partial charge on any atom is 0.137 e. The molecule has 0 bridgehead atoms. The quantitative estimate of drug-likeness (QED) is 0.464. The van der Waals surface area contributed by atoms with Crippen LogP contribution in [0.5, 0.6) is 5.75 Å². The summed E-state index contributed by atoms with van der Waals surface area (Å²) in [6.45, 7) is 1.04. The van der Waals surface area contributed by atoms with E-state index >= 15 is 0 Å². The second-order valence-electron chi connectivity index (χ2n) is 8.70. The zero-order valence-corrected chi connectivity index (χ0v) is 18.2. The molecule has 2 aliphatic rings. The van der Waals surface area contributed by atoms with E-state index in [2.05, 4.69) is 83.8 Å². The monoisotopic (exact) mass is 410 g/mol. The van der Waals surface area contributed by atoms with Gasteiger partial charge in [0.25, 0.3) is 0 Å². The summed E-state index contributed by atoms with van der Waals surface area (Å²) in [5, 5.41) is 0. The van der Waals surface area contributed by atoms with Gasteiger partial charge >= 0.3 is 0 Å². The molecular formula is C28H30N2O. The molecule has 1 atom stereocenters. The van der Waals surface area contributed by atoms with Crippen LogP contribution in [0.3, 0.4) is 0 Å². The molecule has 0 radical (unpaired) electrons. The number of hydrogen-bond donors (Lipinski definition) is 0. The normalized spacial score (nSPS) is 18.9. The molecule has 1 aliphatic heterocycles. The largest absolute Gasteiger partial charge is 0.497 e. The molecule has 3 aromatic rings. The molecule has 0 spiro atoms. The Bertz CT molecular complexity index is 1040. The Morgan fingerprint density at radius 3 is 2.29 bits per heavy atom. The predicted molar refractivity (Wildman–Crippen MR) is 127 cm³/mol. The van der Waals surface area contributed by atoms with Crippen molar-refractivity contribution in [1.29, 1.82) is 0 Å². The summed E-state index contributed by atoms with van der Waals surface area (Å²) < 4.78 is 5.53. The van der Waals surface area contributed by atoms with Crippen molar-refractivity contribution in [3.8, 4) is 5.75 Å². The van der Waals surface area contributed by atoms with Gasteiger partial charge in [0.05, 0.1) is 18.8 Å². The van der Waals surface area contributed by atoms with Gasteiger partial charge in [-0.3, -0.25) is 0 Å². The Balaban J connectivity index is 1.66. The lowest BCUT2D eigenvalue weighted by Gasteiger charge is -2.41. The summed E-state index contributed by atoms with van der Waals surface area (Å²) in [7, 11) is 1.72. The highest BCUT2D eigenvalue weighted by Crippen LogP contribution is 2.43. The third-order valence-corrected chi connectivity index (χ3v) is 6.67. The van der Waals surface area contributed by atoms with Crippen molar-refractivity contribution in [1.82, 2.24) is 4.90 Å². The number of nitrogens with zero attached hydrogens (tertiary/aromatic N) is 2. The van der Waals surface area contributed by atoms with Crippen LogP contribution in [0, 0.1) is 5.92 Å². The van der Waals surface area contributed by atoms with Gasteiger partial charge in [-0.25, -0.2) is 4.99 Å². The number of amidine groups is 1. The van der Waals surface area contributed by atoms with Crippen LogP contribution in [0.1, 0.15) is 54.8 Å². The highest BCUT2D eigenvalue weighted by molar-refractivity contribution is 6.02. The smallest absolute Gasteiger partial charge is 0.137 e. The molecule has 1 heterocycles. The fourth-order valence-corrected chi connectivity index (χ4v) is 5.10. The van der Waals surface area contributed by atoms with Crippen LogP contribution in [-0.4, -0.2) is 24.4 Å². The van der Waals surface area contributed by atoms with Crippen molar-refractivity contribution >= 4 is 11.5 Å². The average molecular weight is 411 g/mol. The molecule has 3 aromatic carbocycles. The van der Waals surface area contributed by atoms with Crippen molar-refractivity contribution in [3.63, 3.8) is 0 Å². The van der Waals surface area contributed by atoms with E-state index in [9.17, 15) is 0 Å². The van der Waals surface area contributed by atoms with Crippen LogP contribution in [-0.2, 0) is 0 Å². The van der Waals surface area contributed by atoms with Crippen molar-refractivity contribution in [2.24, 2.45) is 10.9 Å². The van der Waals surface area contributed by atoms with E-state index in [4.69, 9.17) is 9.73 Å². The molecule has 1 saturated carbocycles. The number of rotatable bonds is 5. The van der Waals surface area contributed by atoms with Crippen molar-refractivity contribution in [2.45, 2.75) is 38.1 Å². The number of methoxy groups -OCH3 is 1. The number of benzene rings is 3. The molecule has 0 N–H and O–H groups in total. The second kappa shape index (κ2) is 8.97. The van der Waals surface area contributed by atoms with Gasteiger partial charge < -0.3 is 9.64 Å². The summed E-state index contributed by atoms with van der Waals surface area (Å²) >= 11 is 0. The van der Waals surface area contributed by atoms with Crippen LogP contribution in [0.2, 0.25) is 0 Å². The number of aliphatic imine (C=N–C) groups is 1. The minimum atomic E-state index is 0.150. The van der Waals surface area contributed by atoms with Gasteiger partial charge in [-0.1, -0.05) is 86.0 Å². The molecular weight excluding hydrogens is 380 g/mol. The maximum absolute atomic E-state index is 5.53. The first kappa shape index (κ1) is 19.9. The van der Waals surface area contributed by atoms with E-state index in [1.165, 1.54) is 48.8 Å². The minimum Gasteiger partial charge on any atom is -0.497 e. The Hall–Kier alpha value is -3.07. The van der Waals surface area contributed by atoms with Crippen molar-refractivity contribution < 1.29 is 4.74 Å². The summed E-state index contributed by atoms with van der Waals surface area (Å²) in [6, 6.07) is 28.0. The predicted octanol–water partition coefficient (Wildman–Crippen LogP) is 6.76. The number of fused-ring (bicyclic) bond motifs is 1. The van der Waals surface area contributed by atoms with E-state index in [1.54, 1.807) is 7.11 Å². The molecule has 5 rings (SSSR count). The summed E-state index contributed by atoms with van der Waals surface area (Å²) in [5.41, 5.74) is 4.75. The highest BCUT2D eigenvalue weighted by Gasteiger charge is 2.33. The molecule has 0 saturated heterocycles. The van der Waals surface area contributed by atoms with Crippen LogP contribution in [0.25, 0.3) is 0 Å². The van der Waals surface area contributed by atoms with Gasteiger partial charge in [0, 0.05) is 23.7 Å². The van der Waals surface area contributed by atoms with Gasteiger partial charge in [-0.2, -0.15) is 0 Å². The lowest BCUT2D eigenvalue weighted by Crippen LogP contribution is -2.41. The third-order valence-electron chi connectivity index (χ3n) is 6.67. The van der Waals surface area contributed by atoms with E-state index in [1.807, 2.05) is 0 Å².